The van der Waals surface area contributed by atoms with E-state index in [0.29, 0.717) is 18.2 Å². The number of carbonyl (C=O) groups excluding carboxylic acids is 1. The fraction of sp³-hybridized carbons (Fsp3) is 0.385. The van der Waals surface area contributed by atoms with Gasteiger partial charge in [0.2, 0.25) is 0 Å². The zero-order chi connectivity index (χ0) is 16.2. The Morgan fingerprint density at radius 1 is 1.33 bits per heavy atom. The number of nitrogens with two attached hydrogens (primary N) is 2. The van der Waals surface area contributed by atoms with Crippen molar-refractivity contribution < 1.29 is 13.2 Å². The normalized spacial score (nSPS) is 11.2. The predicted molar refractivity (Wildman–Crippen MR) is 83.0 cm³/mol. The number of nitrogens with zero attached hydrogens (tertiary/aromatic N) is 1. The average Bonchev–Trinajstić information content (AvgIpc) is 2.34. The van der Waals surface area contributed by atoms with Crippen LogP contribution in [0, 0.1) is 5.92 Å². The summed E-state index contributed by atoms with van der Waals surface area (Å²) in [5.74, 6) is -0.710. The van der Waals surface area contributed by atoms with Gasteiger partial charge in [-0.3, -0.25) is 4.79 Å². The maximum absolute atomic E-state index is 11.9. The monoisotopic (exact) mass is 312 g/mol. The third-order valence-electron chi connectivity index (χ3n) is 2.56. The molecule has 0 unspecified atom stereocenters. The van der Waals surface area contributed by atoms with Crippen molar-refractivity contribution in [3.8, 4) is 0 Å². The molecule has 0 aliphatic heterocycles. The van der Waals surface area contributed by atoms with Gasteiger partial charge in [-0.15, -0.1) is 0 Å². The number of nitrogens with one attached hydrogen (secondary N) is 1. The summed E-state index contributed by atoms with van der Waals surface area (Å²) >= 11 is 0. The molecule has 0 spiro atoms. The lowest BCUT2D eigenvalue weighted by Crippen LogP contribution is -2.24. The minimum absolute atomic E-state index is 0.0415. The number of benzene rings is 1. The van der Waals surface area contributed by atoms with Gasteiger partial charge in [0.1, 0.15) is 0 Å². The van der Waals surface area contributed by atoms with Crippen LogP contribution < -0.4 is 16.8 Å². The van der Waals surface area contributed by atoms with Gasteiger partial charge in [0.15, 0.2) is 15.8 Å². The molecule has 0 radical (unpaired) electrons. The Morgan fingerprint density at radius 2 is 1.95 bits per heavy atom. The van der Waals surface area contributed by atoms with Gasteiger partial charge in [0.05, 0.1) is 10.6 Å². The molecule has 1 aromatic carbocycles. The molecule has 7 nitrogen and oxygen atoms in total. The summed E-state index contributed by atoms with van der Waals surface area (Å²) in [6, 6.07) is 4.28. The number of sulfone groups is 1. The molecule has 0 aromatic heterocycles. The summed E-state index contributed by atoms with van der Waals surface area (Å²) in [5.41, 5.74) is 10.8. The molecule has 116 valence electrons. The van der Waals surface area contributed by atoms with Crippen LogP contribution in [0.5, 0.6) is 0 Å². The molecular weight excluding hydrogens is 292 g/mol. The zero-order valence-electron chi connectivity index (χ0n) is 12.3. The van der Waals surface area contributed by atoms with E-state index in [-0.39, 0.29) is 16.4 Å². The van der Waals surface area contributed by atoms with E-state index >= 15 is 0 Å². The van der Waals surface area contributed by atoms with Crippen molar-refractivity contribution in [2.75, 3.05) is 18.1 Å². The number of amides is 1. The molecule has 0 bridgehead atoms. The average molecular weight is 312 g/mol. The second-order valence-corrected chi connectivity index (χ2v) is 7.08. The lowest BCUT2D eigenvalue weighted by molar-refractivity contribution is 0.100. The summed E-state index contributed by atoms with van der Waals surface area (Å²) < 4.78 is 23.7. The van der Waals surface area contributed by atoms with Gasteiger partial charge in [-0.2, -0.15) is 4.99 Å². The molecule has 0 atom stereocenters. The molecule has 1 amide bonds. The van der Waals surface area contributed by atoms with Crippen LogP contribution in [0.2, 0.25) is 0 Å². The first-order valence-electron chi connectivity index (χ1n) is 6.33. The van der Waals surface area contributed by atoms with Gasteiger partial charge in [-0.05, 0) is 24.1 Å². The van der Waals surface area contributed by atoms with Crippen LogP contribution in [-0.2, 0) is 9.84 Å². The van der Waals surface area contributed by atoms with E-state index in [1.165, 1.54) is 18.2 Å². The summed E-state index contributed by atoms with van der Waals surface area (Å²) in [6.07, 6.45) is 1.08. The van der Waals surface area contributed by atoms with Gasteiger partial charge >= 0.3 is 0 Å². The molecule has 0 heterocycles. The first-order chi connectivity index (χ1) is 9.61. The highest BCUT2D eigenvalue weighted by atomic mass is 32.2. The Morgan fingerprint density at radius 3 is 2.43 bits per heavy atom. The minimum atomic E-state index is -3.49. The third-order valence-corrected chi connectivity index (χ3v) is 3.70. The lowest BCUT2D eigenvalue weighted by atomic mass is 10.1. The SMILES string of the molecule is CC(C)CNc1ccc(C(=O)N=C(N)N)cc1S(C)(=O)=O. The first kappa shape index (κ1) is 17.0. The van der Waals surface area contributed by atoms with Crippen molar-refractivity contribution in [1.29, 1.82) is 0 Å². The molecule has 0 saturated heterocycles. The number of carbonyl (C=O) groups is 1. The Labute approximate surface area is 124 Å². The van der Waals surface area contributed by atoms with Crippen molar-refractivity contribution in [3.63, 3.8) is 0 Å². The Balaban J connectivity index is 3.26. The maximum atomic E-state index is 11.9. The van der Waals surface area contributed by atoms with Gasteiger partial charge in [0.25, 0.3) is 5.91 Å². The molecule has 1 rings (SSSR count). The predicted octanol–water partition coefficient (Wildman–Crippen LogP) is 0.572. The van der Waals surface area contributed by atoms with Crippen LogP contribution in [0.4, 0.5) is 5.69 Å². The van der Waals surface area contributed by atoms with Crippen molar-refractivity contribution in [3.05, 3.63) is 23.8 Å². The topological polar surface area (TPSA) is 128 Å². The van der Waals surface area contributed by atoms with Gasteiger partial charge < -0.3 is 16.8 Å². The molecule has 21 heavy (non-hydrogen) atoms. The van der Waals surface area contributed by atoms with Gasteiger partial charge in [0, 0.05) is 18.4 Å². The number of guanidine groups is 1. The summed E-state index contributed by atoms with van der Waals surface area (Å²) in [6.45, 7) is 4.62. The van der Waals surface area contributed by atoms with Crippen molar-refractivity contribution in [1.82, 2.24) is 0 Å². The van der Waals surface area contributed by atoms with E-state index in [4.69, 9.17) is 11.5 Å². The van der Waals surface area contributed by atoms with Gasteiger partial charge in [-0.1, -0.05) is 13.8 Å². The van der Waals surface area contributed by atoms with E-state index < -0.39 is 15.7 Å². The number of hydrogen-bond donors (Lipinski definition) is 3. The van der Waals surface area contributed by atoms with E-state index in [9.17, 15) is 13.2 Å². The fourth-order valence-electron chi connectivity index (χ4n) is 1.60. The highest BCUT2D eigenvalue weighted by Gasteiger charge is 2.17. The summed E-state index contributed by atoms with van der Waals surface area (Å²) in [4.78, 5) is 15.2. The zero-order valence-corrected chi connectivity index (χ0v) is 13.1. The van der Waals surface area contributed by atoms with Crippen LogP contribution in [0.25, 0.3) is 0 Å². The van der Waals surface area contributed by atoms with E-state index in [1.807, 2.05) is 13.8 Å². The van der Waals surface area contributed by atoms with E-state index in [1.54, 1.807) is 0 Å². The quantitative estimate of drug-likeness (QED) is 0.539. The molecule has 0 aliphatic rings. The number of anilines is 1. The number of hydrogen-bond acceptors (Lipinski definition) is 4. The molecule has 0 aliphatic carbocycles. The van der Waals surface area contributed by atoms with Gasteiger partial charge in [-0.25, -0.2) is 8.42 Å². The highest BCUT2D eigenvalue weighted by molar-refractivity contribution is 7.90. The molecule has 1 aromatic rings. The summed E-state index contributed by atoms with van der Waals surface area (Å²) in [5, 5.41) is 3.05. The third kappa shape index (κ3) is 5.07. The molecular formula is C13H20N4O3S. The van der Waals surface area contributed by atoms with Crippen LogP contribution in [0.1, 0.15) is 24.2 Å². The molecule has 0 fully saturated rings. The largest absolute Gasteiger partial charge is 0.384 e. The van der Waals surface area contributed by atoms with E-state index in [2.05, 4.69) is 10.3 Å². The fourth-order valence-corrected chi connectivity index (χ4v) is 2.48. The van der Waals surface area contributed by atoms with E-state index in [0.717, 1.165) is 6.26 Å². The standard InChI is InChI=1S/C13H20N4O3S/c1-8(2)7-16-10-5-4-9(12(18)17-13(14)15)6-11(10)21(3,19)20/h4-6,8,16H,7H2,1-3H3,(H4,14,15,17,18). The van der Waals surface area contributed by atoms with Crippen molar-refractivity contribution in [2.24, 2.45) is 22.4 Å². The highest BCUT2D eigenvalue weighted by Crippen LogP contribution is 2.23. The Kier molecular flexibility index (Phi) is 5.31. The minimum Gasteiger partial charge on any atom is -0.384 e. The number of rotatable bonds is 5. The van der Waals surface area contributed by atoms with Crippen LogP contribution in [-0.4, -0.2) is 33.1 Å². The summed E-state index contributed by atoms with van der Waals surface area (Å²) in [7, 11) is -3.49. The Bertz CT molecular complexity index is 662. The van der Waals surface area contributed by atoms with Crippen molar-refractivity contribution in [2.45, 2.75) is 18.7 Å². The molecule has 8 heteroatoms. The maximum Gasteiger partial charge on any atom is 0.280 e. The second-order valence-electron chi connectivity index (χ2n) is 5.10. The smallest absolute Gasteiger partial charge is 0.280 e. The van der Waals surface area contributed by atoms with Crippen molar-refractivity contribution >= 4 is 27.4 Å². The first-order valence-corrected chi connectivity index (χ1v) is 8.22. The Hall–Kier alpha value is -2.09. The molecule has 5 N–H and O–H groups in total. The van der Waals surface area contributed by atoms with Crippen LogP contribution in [0.3, 0.4) is 0 Å². The van der Waals surface area contributed by atoms with Crippen LogP contribution >= 0.6 is 0 Å². The lowest BCUT2D eigenvalue weighted by Gasteiger charge is -2.13. The number of aliphatic imine (C=N–C) groups is 1. The van der Waals surface area contributed by atoms with Crippen LogP contribution in [0.15, 0.2) is 28.1 Å². The second kappa shape index (κ2) is 6.57. The molecule has 0 saturated carbocycles.